The summed E-state index contributed by atoms with van der Waals surface area (Å²) in [5.41, 5.74) is -1.13. The number of hydrogen-bond donors (Lipinski definition) is 2. The summed E-state index contributed by atoms with van der Waals surface area (Å²) >= 11 is 0. The van der Waals surface area contributed by atoms with Crippen molar-refractivity contribution < 1.29 is 19.1 Å². The van der Waals surface area contributed by atoms with E-state index in [1.807, 2.05) is 0 Å². The fraction of sp³-hybridized carbons (Fsp3) is 0.500. The predicted molar refractivity (Wildman–Crippen MR) is 74.2 cm³/mol. The van der Waals surface area contributed by atoms with Crippen molar-refractivity contribution in [1.82, 2.24) is 5.32 Å². The molecule has 1 unspecified atom stereocenters. The van der Waals surface area contributed by atoms with E-state index in [0.717, 1.165) is 18.4 Å². The number of rotatable bonds is 5. The molecule has 0 aliphatic heterocycles. The smallest absolute Gasteiger partial charge is 0.329 e. The van der Waals surface area contributed by atoms with Gasteiger partial charge in [0.05, 0.1) is 5.41 Å². The molecular weight excluding hydrogens is 273 g/mol. The molecule has 1 amide bonds. The van der Waals surface area contributed by atoms with Gasteiger partial charge < -0.3 is 10.4 Å². The zero-order valence-corrected chi connectivity index (χ0v) is 11.9. The van der Waals surface area contributed by atoms with Gasteiger partial charge >= 0.3 is 5.97 Å². The third kappa shape index (κ3) is 2.30. The van der Waals surface area contributed by atoms with Gasteiger partial charge in [0, 0.05) is 0 Å². The molecule has 2 aliphatic carbocycles. The first-order chi connectivity index (χ1) is 9.88. The van der Waals surface area contributed by atoms with Crippen LogP contribution < -0.4 is 5.32 Å². The number of benzene rings is 1. The van der Waals surface area contributed by atoms with Crippen LogP contribution in [0, 0.1) is 11.7 Å². The number of hydrogen-bond acceptors (Lipinski definition) is 2. The third-order valence-electron chi connectivity index (χ3n) is 4.79. The van der Waals surface area contributed by atoms with Crippen LogP contribution in [0.5, 0.6) is 0 Å². The van der Waals surface area contributed by atoms with E-state index in [9.17, 15) is 19.1 Å². The van der Waals surface area contributed by atoms with Gasteiger partial charge in [0.15, 0.2) is 0 Å². The van der Waals surface area contributed by atoms with Gasteiger partial charge in [-0.25, -0.2) is 9.18 Å². The highest BCUT2D eigenvalue weighted by molar-refractivity contribution is 5.95. The summed E-state index contributed by atoms with van der Waals surface area (Å²) in [5, 5.41) is 12.2. The molecule has 0 radical (unpaired) electrons. The van der Waals surface area contributed by atoms with Crippen LogP contribution in [0.25, 0.3) is 0 Å². The molecule has 0 heterocycles. The van der Waals surface area contributed by atoms with E-state index in [-0.39, 0.29) is 17.6 Å². The molecule has 4 nitrogen and oxygen atoms in total. The average molecular weight is 291 g/mol. The van der Waals surface area contributed by atoms with Gasteiger partial charge in [-0.1, -0.05) is 12.1 Å². The Balaban J connectivity index is 1.81. The van der Waals surface area contributed by atoms with Crippen molar-refractivity contribution in [3.8, 4) is 0 Å². The summed E-state index contributed by atoms with van der Waals surface area (Å²) in [5.74, 6) is -1.59. The minimum Gasteiger partial charge on any atom is -0.480 e. The SMILES string of the molecule is CC(NC(=O)C1(c2ccc(F)cc2)CC1)(C(=O)O)C1CC1. The molecular formula is C16H18FNO3. The van der Waals surface area contributed by atoms with Crippen molar-refractivity contribution in [3.63, 3.8) is 0 Å². The summed E-state index contributed by atoms with van der Waals surface area (Å²) in [6.07, 6.45) is 2.99. The Labute approximate surface area is 122 Å². The zero-order valence-electron chi connectivity index (χ0n) is 11.9. The minimum atomic E-state index is -1.20. The van der Waals surface area contributed by atoms with Crippen LogP contribution >= 0.6 is 0 Å². The normalized spacial score (nSPS) is 22.2. The van der Waals surface area contributed by atoms with Crippen LogP contribution in [-0.4, -0.2) is 22.5 Å². The largest absolute Gasteiger partial charge is 0.480 e. The summed E-state index contributed by atoms with van der Waals surface area (Å²) in [4.78, 5) is 24.1. The van der Waals surface area contributed by atoms with Crippen LogP contribution in [0.3, 0.4) is 0 Å². The number of carbonyl (C=O) groups excluding carboxylic acids is 1. The van der Waals surface area contributed by atoms with E-state index in [2.05, 4.69) is 5.32 Å². The predicted octanol–water partition coefficient (Wildman–Crippen LogP) is 2.23. The molecule has 0 saturated heterocycles. The number of halogens is 1. The number of carbonyl (C=O) groups is 2. The maximum absolute atomic E-state index is 13.0. The summed E-state index contributed by atoms with van der Waals surface area (Å²) in [6.45, 7) is 1.58. The fourth-order valence-electron chi connectivity index (χ4n) is 2.89. The minimum absolute atomic E-state index is 0.00275. The highest BCUT2D eigenvalue weighted by Gasteiger charge is 2.56. The fourth-order valence-corrected chi connectivity index (χ4v) is 2.89. The Hall–Kier alpha value is -1.91. The first-order valence-electron chi connectivity index (χ1n) is 7.20. The van der Waals surface area contributed by atoms with E-state index < -0.39 is 16.9 Å². The maximum atomic E-state index is 13.0. The Bertz CT molecular complexity index is 590. The topological polar surface area (TPSA) is 66.4 Å². The van der Waals surface area contributed by atoms with Gasteiger partial charge in [-0.15, -0.1) is 0 Å². The maximum Gasteiger partial charge on any atom is 0.329 e. The molecule has 2 fully saturated rings. The van der Waals surface area contributed by atoms with E-state index in [4.69, 9.17) is 0 Å². The van der Waals surface area contributed by atoms with Crippen molar-refractivity contribution in [2.45, 2.75) is 43.6 Å². The van der Waals surface area contributed by atoms with Crippen molar-refractivity contribution in [1.29, 1.82) is 0 Å². The molecule has 2 N–H and O–H groups in total. The van der Waals surface area contributed by atoms with Gasteiger partial charge in [-0.2, -0.15) is 0 Å². The Kier molecular flexibility index (Phi) is 3.04. The molecule has 2 aliphatic rings. The highest BCUT2D eigenvalue weighted by atomic mass is 19.1. The first-order valence-corrected chi connectivity index (χ1v) is 7.20. The molecule has 3 rings (SSSR count). The van der Waals surface area contributed by atoms with Crippen LogP contribution in [-0.2, 0) is 15.0 Å². The quantitative estimate of drug-likeness (QED) is 0.874. The van der Waals surface area contributed by atoms with E-state index in [1.54, 1.807) is 19.1 Å². The lowest BCUT2D eigenvalue weighted by Crippen LogP contribution is -2.56. The standard InChI is InChI=1S/C16H18FNO3/c1-15(14(20)21,10-2-3-10)18-13(19)16(8-9-16)11-4-6-12(17)7-5-11/h4-7,10H,2-3,8-9H2,1H3,(H,18,19)(H,20,21). The second kappa shape index (κ2) is 4.55. The van der Waals surface area contributed by atoms with Crippen LogP contribution in [0.15, 0.2) is 24.3 Å². The Morgan fingerprint density at radius 3 is 2.29 bits per heavy atom. The average Bonchev–Trinajstić information content (AvgIpc) is 3.30. The lowest BCUT2D eigenvalue weighted by Gasteiger charge is -2.29. The molecule has 0 spiro atoms. The van der Waals surface area contributed by atoms with Crippen LogP contribution in [0.2, 0.25) is 0 Å². The Morgan fingerprint density at radius 1 is 1.29 bits per heavy atom. The molecule has 112 valence electrons. The summed E-state index contributed by atoms with van der Waals surface area (Å²) < 4.78 is 13.0. The molecule has 5 heteroatoms. The van der Waals surface area contributed by atoms with Gasteiger partial charge in [-0.05, 0) is 56.2 Å². The molecule has 0 bridgehead atoms. The molecule has 2 saturated carbocycles. The molecule has 1 atom stereocenters. The van der Waals surface area contributed by atoms with E-state index >= 15 is 0 Å². The number of nitrogens with one attached hydrogen (secondary N) is 1. The molecule has 21 heavy (non-hydrogen) atoms. The van der Waals surface area contributed by atoms with Gasteiger partial charge in [-0.3, -0.25) is 4.79 Å². The zero-order chi connectivity index (χ0) is 15.3. The lowest BCUT2D eigenvalue weighted by molar-refractivity contribution is -0.148. The van der Waals surface area contributed by atoms with Crippen molar-refractivity contribution in [2.75, 3.05) is 0 Å². The second-order valence-electron chi connectivity index (χ2n) is 6.32. The van der Waals surface area contributed by atoms with Crippen LogP contribution in [0.1, 0.15) is 38.2 Å². The summed E-state index contributed by atoms with van der Waals surface area (Å²) in [7, 11) is 0. The molecule has 1 aromatic carbocycles. The second-order valence-corrected chi connectivity index (χ2v) is 6.32. The van der Waals surface area contributed by atoms with Crippen LogP contribution in [0.4, 0.5) is 4.39 Å². The van der Waals surface area contributed by atoms with E-state index in [1.165, 1.54) is 12.1 Å². The lowest BCUT2D eigenvalue weighted by atomic mass is 9.90. The van der Waals surface area contributed by atoms with Gasteiger partial charge in [0.2, 0.25) is 5.91 Å². The van der Waals surface area contributed by atoms with E-state index in [0.29, 0.717) is 12.8 Å². The molecule has 1 aromatic rings. The summed E-state index contributed by atoms with van der Waals surface area (Å²) in [6, 6.07) is 5.88. The Morgan fingerprint density at radius 2 is 1.86 bits per heavy atom. The van der Waals surface area contributed by atoms with Crippen molar-refractivity contribution in [2.24, 2.45) is 5.92 Å². The van der Waals surface area contributed by atoms with Gasteiger partial charge in [0.1, 0.15) is 11.4 Å². The number of carboxylic acids is 1. The number of amides is 1. The number of carboxylic acid groups (broad SMARTS) is 1. The van der Waals surface area contributed by atoms with Crippen molar-refractivity contribution in [3.05, 3.63) is 35.6 Å². The van der Waals surface area contributed by atoms with Crippen molar-refractivity contribution >= 4 is 11.9 Å². The monoisotopic (exact) mass is 291 g/mol. The highest BCUT2D eigenvalue weighted by Crippen LogP contribution is 2.49. The first kappa shape index (κ1) is 14.0. The number of aliphatic carboxylic acids is 1. The van der Waals surface area contributed by atoms with Gasteiger partial charge in [0.25, 0.3) is 0 Å². The molecule has 0 aromatic heterocycles. The third-order valence-corrected chi connectivity index (χ3v) is 4.79.